The van der Waals surface area contributed by atoms with E-state index in [1.54, 1.807) is 6.92 Å². The lowest BCUT2D eigenvalue weighted by atomic mass is 9.98. The van der Waals surface area contributed by atoms with Gasteiger partial charge in [0, 0.05) is 12.5 Å². The van der Waals surface area contributed by atoms with Crippen molar-refractivity contribution in [1.29, 1.82) is 0 Å². The van der Waals surface area contributed by atoms with Crippen LogP contribution >= 0.6 is 0 Å². The van der Waals surface area contributed by atoms with Crippen LogP contribution in [-0.4, -0.2) is 61.1 Å². The van der Waals surface area contributed by atoms with Gasteiger partial charge < -0.3 is 30.0 Å². The fourth-order valence-electron chi connectivity index (χ4n) is 5.43. The van der Waals surface area contributed by atoms with Crippen LogP contribution in [0.3, 0.4) is 0 Å². The number of benzene rings is 3. The zero-order valence-electron chi connectivity index (χ0n) is 22.8. The maximum Gasteiger partial charge on any atom is 0.407 e. The van der Waals surface area contributed by atoms with Gasteiger partial charge in [-0.1, -0.05) is 78.9 Å². The molecule has 3 aromatic carbocycles. The summed E-state index contributed by atoms with van der Waals surface area (Å²) in [5, 5.41) is 15.0. The van der Waals surface area contributed by atoms with Gasteiger partial charge >= 0.3 is 12.1 Å². The van der Waals surface area contributed by atoms with Crippen molar-refractivity contribution in [2.45, 2.75) is 44.1 Å². The first-order valence-corrected chi connectivity index (χ1v) is 13.8. The summed E-state index contributed by atoms with van der Waals surface area (Å²) in [6.07, 6.45) is -1.34. The standard InChI is InChI=1S/C32H34N2O7/c1-20(39-17-21-9-3-2-4-10-21)29(31(36)37)34-30(35)22-15-23(40-18-22)16-33-32(38)41-19-28-26-13-7-5-11-24(26)25-12-6-8-14-27(25)28/h2-14,20,22-23,28-29H,15-19H2,1H3,(H,33,38)(H,34,35)(H,36,37). The van der Waals surface area contributed by atoms with Gasteiger partial charge in [0.2, 0.25) is 5.91 Å². The lowest BCUT2D eigenvalue weighted by molar-refractivity contribution is -0.147. The molecule has 0 radical (unpaired) electrons. The maximum absolute atomic E-state index is 12.9. The molecule has 214 valence electrons. The van der Waals surface area contributed by atoms with E-state index in [-0.39, 0.29) is 38.4 Å². The molecular weight excluding hydrogens is 524 g/mol. The molecule has 1 saturated heterocycles. The van der Waals surface area contributed by atoms with E-state index in [0.717, 1.165) is 27.8 Å². The normalized spacial score (nSPS) is 19.0. The minimum absolute atomic E-state index is 0.0369. The molecule has 0 saturated carbocycles. The van der Waals surface area contributed by atoms with E-state index in [1.165, 1.54) is 0 Å². The van der Waals surface area contributed by atoms with Gasteiger partial charge in [-0.25, -0.2) is 9.59 Å². The summed E-state index contributed by atoms with van der Waals surface area (Å²) in [6.45, 7) is 2.37. The van der Waals surface area contributed by atoms with E-state index in [2.05, 4.69) is 34.9 Å². The molecule has 3 N–H and O–H groups in total. The number of nitrogens with one attached hydrogen (secondary N) is 2. The SMILES string of the molecule is CC(OCc1ccccc1)C(NC(=O)C1COC(CNC(=O)OCC2c3ccccc3-c3ccccc32)C1)C(=O)O. The van der Waals surface area contributed by atoms with E-state index in [0.29, 0.717) is 6.42 Å². The average Bonchev–Trinajstić information content (AvgIpc) is 3.60. The Bertz CT molecular complexity index is 1330. The Morgan fingerprint density at radius 3 is 2.24 bits per heavy atom. The topological polar surface area (TPSA) is 123 Å². The fourth-order valence-corrected chi connectivity index (χ4v) is 5.43. The van der Waals surface area contributed by atoms with Crippen LogP contribution in [0.5, 0.6) is 0 Å². The van der Waals surface area contributed by atoms with E-state index in [9.17, 15) is 19.5 Å². The first kappa shape index (κ1) is 28.3. The molecule has 1 aliphatic heterocycles. The highest BCUT2D eigenvalue weighted by Crippen LogP contribution is 2.44. The van der Waals surface area contributed by atoms with Crippen molar-refractivity contribution in [2.24, 2.45) is 5.92 Å². The highest BCUT2D eigenvalue weighted by atomic mass is 16.5. The van der Waals surface area contributed by atoms with Crippen molar-refractivity contribution in [3.05, 3.63) is 95.6 Å². The van der Waals surface area contributed by atoms with Crippen molar-refractivity contribution < 1.29 is 33.7 Å². The van der Waals surface area contributed by atoms with E-state index in [1.807, 2.05) is 54.6 Å². The van der Waals surface area contributed by atoms with Crippen molar-refractivity contribution in [3.8, 4) is 11.1 Å². The fraction of sp³-hybridized carbons (Fsp3) is 0.344. The summed E-state index contributed by atoms with van der Waals surface area (Å²) in [7, 11) is 0. The summed E-state index contributed by atoms with van der Waals surface area (Å²) in [6, 6.07) is 24.4. The number of aliphatic carboxylic acids is 1. The Kier molecular flexibility index (Phi) is 8.96. The number of rotatable bonds is 11. The molecule has 1 fully saturated rings. The van der Waals surface area contributed by atoms with Crippen molar-refractivity contribution in [3.63, 3.8) is 0 Å². The zero-order valence-corrected chi connectivity index (χ0v) is 22.8. The molecule has 9 nitrogen and oxygen atoms in total. The molecular formula is C32H34N2O7. The molecule has 2 amide bonds. The molecule has 5 rings (SSSR count). The first-order chi connectivity index (χ1) is 19.9. The summed E-state index contributed by atoms with van der Waals surface area (Å²) in [5.74, 6) is -2.17. The number of carbonyl (C=O) groups excluding carboxylic acids is 2. The Morgan fingerprint density at radius 2 is 1.59 bits per heavy atom. The van der Waals surface area contributed by atoms with Gasteiger partial charge in [-0.2, -0.15) is 0 Å². The smallest absolute Gasteiger partial charge is 0.407 e. The first-order valence-electron chi connectivity index (χ1n) is 13.8. The molecule has 1 heterocycles. The van der Waals surface area contributed by atoms with E-state index < -0.39 is 36.0 Å². The molecule has 0 spiro atoms. The van der Waals surface area contributed by atoms with Gasteiger partial charge in [0.05, 0.1) is 31.3 Å². The molecule has 3 aromatic rings. The van der Waals surface area contributed by atoms with Crippen molar-refractivity contribution in [1.82, 2.24) is 10.6 Å². The molecule has 0 aromatic heterocycles. The summed E-state index contributed by atoms with van der Waals surface area (Å²) in [4.78, 5) is 37.2. The van der Waals surface area contributed by atoms with Crippen LogP contribution < -0.4 is 10.6 Å². The minimum Gasteiger partial charge on any atom is -0.480 e. The third-order valence-electron chi connectivity index (χ3n) is 7.66. The third-order valence-corrected chi connectivity index (χ3v) is 7.66. The van der Waals surface area contributed by atoms with Crippen LogP contribution in [0.25, 0.3) is 11.1 Å². The van der Waals surface area contributed by atoms with Crippen LogP contribution in [0.1, 0.15) is 36.0 Å². The second-order valence-electron chi connectivity index (χ2n) is 10.4. The quantitative estimate of drug-likeness (QED) is 0.324. The number of alkyl carbamates (subject to hydrolysis) is 1. The number of amides is 2. The Labute approximate surface area is 238 Å². The number of carboxylic acids is 1. The summed E-state index contributed by atoms with van der Waals surface area (Å²) in [5.41, 5.74) is 5.49. The number of ether oxygens (including phenoxy) is 3. The predicted molar refractivity (Wildman–Crippen MR) is 151 cm³/mol. The predicted octanol–water partition coefficient (Wildman–Crippen LogP) is 4.10. The highest BCUT2D eigenvalue weighted by Gasteiger charge is 2.35. The molecule has 4 atom stereocenters. The zero-order chi connectivity index (χ0) is 28.8. The molecule has 1 aliphatic carbocycles. The number of carboxylic acid groups (broad SMARTS) is 1. The van der Waals surface area contributed by atoms with Crippen LogP contribution in [-0.2, 0) is 30.4 Å². The lowest BCUT2D eigenvalue weighted by Gasteiger charge is -2.23. The monoisotopic (exact) mass is 558 g/mol. The lowest BCUT2D eigenvalue weighted by Crippen LogP contribution is -2.50. The molecule has 0 bridgehead atoms. The molecule has 2 aliphatic rings. The molecule has 4 unspecified atom stereocenters. The van der Waals surface area contributed by atoms with Crippen LogP contribution in [0.2, 0.25) is 0 Å². The Balaban J connectivity index is 1.06. The second kappa shape index (κ2) is 13.0. The second-order valence-corrected chi connectivity index (χ2v) is 10.4. The van der Waals surface area contributed by atoms with Crippen LogP contribution in [0.4, 0.5) is 4.79 Å². The van der Waals surface area contributed by atoms with E-state index >= 15 is 0 Å². The average molecular weight is 559 g/mol. The van der Waals surface area contributed by atoms with Gasteiger partial charge in [0.15, 0.2) is 6.04 Å². The Morgan fingerprint density at radius 1 is 0.951 bits per heavy atom. The van der Waals surface area contributed by atoms with Gasteiger partial charge in [-0.15, -0.1) is 0 Å². The van der Waals surface area contributed by atoms with Crippen LogP contribution in [0.15, 0.2) is 78.9 Å². The number of carbonyl (C=O) groups is 3. The molecule has 9 heteroatoms. The van der Waals surface area contributed by atoms with E-state index in [4.69, 9.17) is 14.2 Å². The van der Waals surface area contributed by atoms with Gasteiger partial charge in [-0.05, 0) is 41.2 Å². The summed E-state index contributed by atoms with van der Waals surface area (Å²) >= 11 is 0. The van der Waals surface area contributed by atoms with Gasteiger partial charge in [0.1, 0.15) is 6.61 Å². The third kappa shape index (κ3) is 6.75. The maximum atomic E-state index is 12.9. The number of fused-ring (bicyclic) bond motifs is 3. The number of hydrogen-bond donors (Lipinski definition) is 3. The largest absolute Gasteiger partial charge is 0.480 e. The summed E-state index contributed by atoms with van der Waals surface area (Å²) < 4.78 is 17.0. The van der Waals surface area contributed by atoms with Gasteiger partial charge in [-0.3, -0.25) is 4.79 Å². The minimum atomic E-state index is -1.20. The number of hydrogen-bond acceptors (Lipinski definition) is 6. The van der Waals surface area contributed by atoms with Crippen LogP contribution in [0, 0.1) is 5.92 Å². The van der Waals surface area contributed by atoms with Crippen molar-refractivity contribution in [2.75, 3.05) is 19.8 Å². The highest BCUT2D eigenvalue weighted by molar-refractivity contribution is 5.85. The molecule has 41 heavy (non-hydrogen) atoms. The van der Waals surface area contributed by atoms with Gasteiger partial charge in [0.25, 0.3) is 0 Å². The van der Waals surface area contributed by atoms with Crippen molar-refractivity contribution >= 4 is 18.0 Å². The Hall–Kier alpha value is -4.21.